The molecule has 0 aliphatic carbocycles. The number of anilines is 1. The molecule has 0 bridgehead atoms. The molecule has 66 valence electrons. The summed E-state index contributed by atoms with van der Waals surface area (Å²) in [7, 11) is 1.91. The fourth-order valence-electron chi connectivity index (χ4n) is 1.48. The van der Waals surface area contributed by atoms with E-state index in [4.69, 9.17) is 0 Å². The van der Waals surface area contributed by atoms with Crippen LogP contribution in [0.5, 0.6) is 0 Å². The van der Waals surface area contributed by atoms with E-state index in [0.29, 0.717) is 0 Å². The third-order valence-electron chi connectivity index (χ3n) is 2.11. The minimum Gasteiger partial charge on any atom is -0.388 e. The van der Waals surface area contributed by atoms with Crippen molar-refractivity contribution >= 4 is 16.6 Å². The van der Waals surface area contributed by atoms with Gasteiger partial charge >= 0.3 is 0 Å². The standard InChI is InChI=1S/C10H11N3/c1-7-5-12-6-9-10(7)8(11-2)3-4-13-9/h3-6H,1-2H3,(H,11,13). The zero-order valence-electron chi connectivity index (χ0n) is 7.70. The number of pyridine rings is 2. The molecule has 0 fully saturated rings. The SMILES string of the molecule is CNc1ccnc2cncc(C)c12. The second kappa shape index (κ2) is 3.01. The highest BCUT2D eigenvalue weighted by molar-refractivity contribution is 5.92. The molecule has 0 aliphatic heterocycles. The van der Waals surface area contributed by atoms with Crippen molar-refractivity contribution in [1.29, 1.82) is 0 Å². The maximum Gasteiger partial charge on any atom is 0.0908 e. The van der Waals surface area contributed by atoms with Gasteiger partial charge in [-0.1, -0.05) is 0 Å². The number of aromatic nitrogens is 2. The van der Waals surface area contributed by atoms with Crippen molar-refractivity contribution in [2.24, 2.45) is 0 Å². The van der Waals surface area contributed by atoms with Gasteiger partial charge in [-0.05, 0) is 18.6 Å². The maximum absolute atomic E-state index is 4.25. The lowest BCUT2D eigenvalue weighted by molar-refractivity contribution is 1.27. The van der Waals surface area contributed by atoms with Crippen LogP contribution in [0.2, 0.25) is 0 Å². The Labute approximate surface area is 76.8 Å². The number of nitrogens with zero attached hydrogens (tertiary/aromatic N) is 2. The van der Waals surface area contributed by atoms with E-state index >= 15 is 0 Å². The van der Waals surface area contributed by atoms with E-state index in [1.54, 1.807) is 12.4 Å². The molecule has 2 aromatic heterocycles. The summed E-state index contributed by atoms with van der Waals surface area (Å²) in [6.07, 6.45) is 5.42. The second-order valence-electron chi connectivity index (χ2n) is 2.96. The molecular formula is C10H11N3. The molecule has 2 rings (SSSR count). The molecule has 1 N–H and O–H groups in total. The monoisotopic (exact) mass is 173 g/mol. The molecule has 0 amide bonds. The van der Waals surface area contributed by atoms with Crippen molar-refractivity contribution in [3.8, 4) is 0 Å². The molecule has 2 aromatic rings. The molecule has 0 saturated heterocycles. The van der Waals surface area contributed by atoms with E-state index in [2.05, 4.69) is 15.3 Å². The largest absolute Gasteiger partial charge is 0.388 e. The van der Waals surface area contributed by atoms with Gasteiger partial charge in [0.2, 0.25) is 0 Å². The van der Waals surface area contributed by atoms with Crippen LogP contribution in [-0.2, 0) is 0 Å². The first kappa shape index (κ1) is 7.98. The van der Waals surface area contributed by atoms with Gasteiger partial charge in [-0.25, -0.2) is 0 Å². The van der Waals surface area contributed by atoms with Gasteiger partial charge in [-0.15, -0.1) is 0 Å². The van der Waals surface area contributed by atoms with Gasteiger partial charge in [-0.3, -0.25) is 9.97 Å². The summed E-state index contributed by atoms with van der Waals surface area (Å²) in [5.41, 5.74) is 3.19. The molecule has 0 aliphatic rings. The molecule has 0 aromatic carbocycles. The van der Waals surface area contributed by atoms with Crippen molar-refractivity contribution < 1.29 is 0 Å². The van der Waals surface area contributed by atoms with Crippen molar-refractivity contribution in [2.75, 3.05) is 12.4 Å². The first-order valence-corrected chi connectivity index (χ1v) is 4.20. The van der Waals surface area contributed by atoms with Crippen LogP contribution in [0.3, 0.4) is 0 Å². The number of rotatable bonds is 1. The van der Waals surface area contributed by atoms with E-state index in [-0.39, 0.29) is 0 Å². The van der Waals surface area contributed by atoms with Crippen molar-refractivity contribution in [3.63, 3.8) is 0 Å². The number of nitrogens with one attached hydrogen (secondary N) is 1. The normalized spacial score (nSPS) is 10.3. The smallest absolute Gasteiger partial charge is 0.0908 e. The van der Waals surface area contributed by atoms with Gasteiger partial charge in [0.25, 0.3) is 0 Å². The van der Waals surface area contributed by atoms with Crippen LogP contribution in [0.1, 0.15) is 5.56 Å². The summed E-state index contributed by atoms with van der Waals surface area (Å²) in [4.78, 5) is 8.35. The topological polar surface area (TPSA) is 37.8 Å². The summed E-state index contributed by atoms with van der Waals surface area (Å²) in [6.45, 7) is 2.04. The molecule has 3 nitrogen and oxygen atoms in total. The van der Waals surface area contributed by atoms with Crippen molar-refractivity contribution in [3.05, 3.63) is 30.2 Å². The average molecular weight is 173 g/mol. The minimum absolute atomic E-state index is 0.937. The third-order valence-corrected chi connectivity index (χ3v) is 2.11. The molecule has 3 heteroatoms. The molecule has 0 radical (unpaired) electrons. The first-order chi connectivity index (χ1) is 6.33. The van der Waals surface area contributed by atoms with Crippen LogP contribution in [-0.4, -0.2) is 17.0 Å². The van der Waals surface area contributed by atoms with Crippen LogP contribution in [0.15, 0.2) is 24.7 Å². The van der Waals surface area contributed by atoms with Gasteiger partial charge < -0.3 is 5.32 Å². The molecule has 0 unspecified atom stereocenters. The Balaban J connectivity index is 2.87. The summed E-state index contributed by atoms with van der Waals surface area (Å²) in [5, 5.41) is 4.30. The Hall–Kier alpha value is -1.64. The van der Waals surface area contributed by atoms with Gasteiger partial charge in [0.15, 0.2) is 0 Å². The Morgan fingerprint density at radius 3 is 2.92 bits per heavy atom. The van der Waals surface area contributed by atoms with E-state index in [9.17, 15) is 0 Å². The van der Waals surface area contributed by atoms with Crippen LogP contribution >= 0.6 is 0 Å². The fraction of sp³-hybridized carbons (Fsp3) is 0.200. The lowest BCUT2D eigenvalue weighted by atomic mass is 10.1. The van der Waals surface area contributed by atoms with E-state index in [0.717, 1.165) is 22.2 Å². The van der Waals surface area contributed by atoms with E-state index in [1.807, 2.05) is 26.2 Å². The average Bonchev–Trinajstić information content (AvgIpc) is 2.17. The number of hydrogen-bond donors (Lipinski definition) is 1. The fourth-order valence-corrected chi connectivity index (χ4v) is 1.48. The summed E-state index contributed by atoms with van der Waals surface area (Å²) >= 11 is 0. The minimum atomic E-state index is 0.937. The Kier molecular flexibility index (Phi) is 1.85. The zero-order chi connectivity index (χ0) is 9.26. The molecule has 13 heavy (non-hydrogen) atoms. The molecule has 0 saturated carbocycles. The van der Waals surface area contributed by atoms with Crippen LogP contribution < -0.4 is 5.32 Å². The summed E-state index contributed by atoms with van der Waals surface area (Å²) in [6, 6.07) is 1.97. The van der Waals surface area contributed by atoms with Crippen LogP contribution in [0.4, 0.5) is 5.69 Å². The van der Waals surface area contributed by atoms with Crippen LogP contribution in [0.25, 0.3) is 10.9 Å². The maximum atomic E-state index is 4.25. The Morgan fingerprint density at radius 2 is 2.15 bits per heavy atom. The summed E-state index contributed by atoms with van der Waals surface area (Å²) in [5.74, 6) is 0. The molecule has 0 atom stereocenters. The highest BCUT2D eigenvalue weighted by atomic mass is 14.8. The predicted molar refractivity (Wildman–Crippen MR) is 53.8 cm³/mol. The lowest BCUT2D eigenvalue weighted by Gasteiger charge is -2.06. The van der Waals surface area contributed by atoms with Gasteiger partial charge in [0, 0.05) is 30.5 Å². The van der Waals surface area contributed by atoms with Gasteiger partial charge in [0.05, 0.1) is 11.7 Å². The zero-order valence-corrected chi connectivity index (χ0v) is 7.70. The second-order valence-corrected chi connectivity index (χ2v) is 2.96. The van der Waals surface area contributed by atoms with E-state index < -0.39 is 0 Å². The molecular weight excluding hydrogens is 162 g/mol. The lowest BCUT2D eigenvalue weighted by Crippen LogP contribution is -1.93. The van der Waals surface area contributed by atoms with Crippen LogP contribution in [0, 0.1) is 6.92 Å². The predicted octanol–water partition coefficient (Wildman–Crippen LogP) is 1.98. The Morgan fingerprint density at radius 1 is 1.31 bits per heavy atom. The molecule has 0 spiro atoms. The van der Waals surface area contributed by atoms with Gasteiger partial charge in [0.1, 0.15) is 0 Å². The number of aryl methyl sites for hydroxylation is 1. The van der Waals surface area contributed by atoms with Gasteiger partial charge in [-0.2, -0.15) is 0 Å². The van der Waals surface area contributed by atoms with Crippen molar-refractivity contribution in [1.82, 2.24) is 9.97 Å². The summed E-state index contributed by atoms with van der Waals surface area (Å²) < 4.78 is 0. The first-order valence-electron chi connectivity index (χ1n) is 4.20. The third kappa shape index (κ3) is 1.22. The number of fused-ring (bicyclic) bond motifs is 1. The molecule has 2 heterocycles. The van der Waals surface area contributed by atoms with Crippen molar-refractivity contribution in [2.45, 2.75) is 6.92 Å². The number of hydrogen-bond acceptors (Lipinski definition) is 3. The Bertz CT molecular complexity index is 432. The quantitative estimate of drug-likeness (QED) is 0.716. The van der Waals surface area contributed by atoms with E-state index in [1.165, 1.54) is 0 Å². The highest BCUT2D eigenvalue weighted by Crippen LogP contribution is 2.22. The highest BCUT2D eigenvalue weighted by Gasteiger charge is 2.02.